The van der Waals surface area contributed by atoms with Crippen LogP contribution in [0.3, 0.4) is 0 Å². The van der Waals surface area contributed by atoms with E-state index in [4.69, 9.17) is 19.4 Å². The van der Waals surface area contributed by atoms with Crippen molar-refractivity contribution in [2.45, 2.75) is 13.8 Å². The van der Waals surface area contributed by atoms with Crippen molar-refractivity contribution in [2.24, 2.45) is 0 Å². The maximum atomic E-state index is 5.86. The molecule has 0 spiro atoms. The molecular formula is C8H8BCl. The zero-order chi connectivity index (χ0) is 7.72. The van der Waals surface area contributed by atoms with Crippen LogP contribution in [0.25, 0.3) is 0 Å². The topological polar surface area (TPSA) is 0 Å². The Kier molecular flexibility index (Phi) is 2.05. The fraction of sp³-hybridized carbons (Fsp3) is 0.250. The van der Waals surface area contributed by atoms with Gasteiger partial charge in [0.2, 0.25) is 0 Å². The van der Waals surface area contributed by atoms with E-state index in [1.807, 2.05) is 26.0 Å². The van der Waals surface area contributed by atoms with Gasteiger partial charge in [-0.3, -0.25) is 0 Å². The van der Waals surface area contributed by atoms with E-state index in [0.717, 1.165) is 11.1 Å². The average molecular weight is 150 g/mol. The van der Waals surface area contributed by atoms with Crippen molar-refractivity contribution in [2.75, 3.05) is 0 Å². The van der Waals surface area contributed by atoms with Gasteiger partial charge < -0.3 is 0 Å². The van der Waals surface area contributed by atoms with E-state index < -0.39 is 0 Å². The maximum absolute atomic E-state index is 5.86. The molecule has 2 radical (unpaired) electrons. The zero-order valence-corrected chi connectivity index (χ0v) is 6.87. The molecule has 0 heterocycles. The summed E-state index contributed by atoms with van der Waals surface area (Å²) in [5.74, 6) is 0. The Hall–Kier alpha value is -0.425. The molecule has 2 heteroatoms. The van der Waals surface area contributed by atoms with Crippen LogP contribution in [0.2, 0.25) is 5.02 Å². The Labute approximate surface area is 67.6 Å². The molecule has 0 saturated heterocycles. The number of rotatable bonds is 0. The van der Waals surface area contributed by atoms with Crippen LogP contribution in [0.1, 0.15) is 11.1 Å². The largest absolute Gasteiger partial charge is 0.116 e. The van der Waals surface area contributed by atoms with Crippen molar-refractivity contribution in [3.05, 3.63) is 28.3 Å². The molecule has 0 fully saturated rings. The number of halogens is 1. The van der Waals surface area contributed by atoms with E-state index >= 15 is 0 Å². The van der Waals surface area contributed by atoms with Gasteiger partial charge in [-0.25, -0.2) is 0 Å². The summed E-state index contributed by atoms with van der Waals surface area (Å²) in [5, 5.41) is 0.681. The fourth-order valence-corrected chi connectivity index (χ4v) is 1.01. The molecule has 50 valence electrons. The summed E-state index contributed by atoms with van der Waals surface area (Å²) in [5.41, 5.74) is 2.77. The van der Waals surface area contributed by atoms with Crippen LogP contribution in [0, 0.1) is 13.8 Å². The summed E-state index contributed by atoms with van der Waals surface area (Å²) in [6.45, 7) is 3.89. The van der Waals surface area contributed by atoms with E-state index in [1.165, 1.54) is 0 Å². The predicted octanol–water partition coefficient (Wildman–Crippen LogP) is 1.75. The molecule has 1 rings (SSSR count). The van der Waals surface area contributed by atoms with Crippen LogP contribution in [0.15, 0.2) is 12.1 Å². The van der Waals surface area contributed by atoms with Crippen LogP contribution in [0.5, 0.6) is 0 Å². The van der Waals surface area contributed by atoms with Gasteiger partial charge in [0.15, 0.2) is 0 Å². The van der Waals surface area contributed by atoms with Gasteiger partial charge in [0, 0.05) is 5.02 Å². The molecule has 0 atom stereocenters. The Morgan fingerprint density at radius 2 is 1.70 bits per heavy atom. The van der Waals surface area contributed by atoms with Gasteiger partial charge in [0.1, 0.15) is 7.85 Å². The van der Waals surface area contributed by atoms with Gasteiger partial charge in [0.05, 0.1) is 0 Å². The molecule has 0 aliphatic heterocycles. The Morgan fingerprint density at radius 1 is 1.20 bits per heavy atom. The molecule has 0 amide bonds. The van der Waals surface area contributed by atoms with Gasteiger partial charge in [0.25, 0.3) is 0 Å². The molecule has 0 saturated carbocycles. The molecule has 0 aliphatic rings. The minimum Gasteiger partial charge on any atom is -0.0847 e. The molecule has 1 aromatic carbocycles. The van der Waals surface area contributed by atoms with E-state index in [9.17, 15) is 0 Å². The quantitative estimate of drug-likeness (QED) is 0.494. The van der Waals surface area contributed by atoms with Crippen molar-refractivity contribution < 1.29 is 0 Å². The van der Waals surface area contributed by atoms with Crippen LogP contribution >= 0.6 is 11.6 Å². The number of aryl methyl sites for hydroxylation is 2. The first-order valence-electron chi connectivity index (χ1n) is 3.14. The third-order valence-corrected chi connectivity index (χ3v) is 2.09. The first-order chi connectivity index (χ1) is 4.63. The monoisotopic (exact) mass is 150 g/mol. The fourth-order valence-electron chi connectivity index (χ4n) is 0.798. The first-order valence-corrected chi connectivity index (χ1v) is 3.52. The van der Waals surface area contributed by atoms with Crippen LogP contribution < -0.4 is 5.46 Å². The number of hydrogen-bond acceptors (Lipinski definition) is 0. The first kappa shape index (κ1) is 7.68. The van der Waals surface area contributed by atoms with E-state index in [2.05, 4.69) is 0 Å². The molecule has 0 N–H and O–H groups in total. The summed E-state index contributed by atoms with van der Waals surface area (Å²) in [7, 11) is 5.65. The van der Waals surface area contributed by atoms with E-state index in [-0.39, 0.29) is 0 Å². The van der Waals surface area contributed by atoms with Crippen molar-refractivity contribution >= 4 is 24.9 Å². The Bertz CT molecular complexity index is 229. The number of benzene rings is 1. The van der Waals surface area contributed by atoms with Gasteiger partial charge in [-0.05, 0) is 19.4 Å². The molecular weight excluding hydrogens is 142 g/mol. The third kappa shape index (κ3) is 1.19. The molecule has 10 heavy (non-hydrogen) atoms. The van der Waals surface area contributed by atoms with E-state index in [1.54, 1.807) is 0 Å². The highest BCUT2D eigenvalue weighted by molar-refractivity contribution is 6.46. The molecule has 0 unspecified atom stereocenters. The summed E-state index contributed by atoms with van der Waals surface area (Å²) in [4.78, 5) is 0. The SMILES string of the molecule is [B]c1c(C)ccc(C)c1Cl. The lowest BCUT2D eigenvalue weighted by Crippen LogP contribution is -2.09. The van der Waals surface area contributed by atoms with Gasteiger partial charge in [-0.1, -0.05) is 34.8 Å². The molecule has 0 nitrogen and oxygen atoms in total. The second kappa shape index (κ2) is 2.67. The average Bonchev–Trinajstić information content (AvgIpc) is 1.93. The van der Waals surface area contributed by atoms with Gasteiger partial charge in [-0.2, -0.15) is 0 Å². The van der Waals surface area contributed by atoms with Gasteiger partial charge in [-0.15, -0.1) is 0 Å². The standard InChI is InChI=1S/C8H8BCl/c1-5-3-4-6(2)8(10)7(5)9/h3-4H,1-2H3. The summed E-state index contributed by atoms with van der Waals surface area (Å²) >= 11 is 5.86. The Balaban J connectivity index is 3.34. The third-order valence-electron chi connectivity index (χ3n) is 1.59. The van der Waals surface area contributed by atoms with Crippen LogP contribution in [-0.2, 0) is 0 Å². The molecule has 0 aromatic heterocycles. The molecule has 1 aromatic rings. The highest BCUT2D eigenvalue weighted by Crippen LogP contribution is 2.12. The van der Waals surface area contributed by atoms with Crippen molar-refractivity contribution in [1.29, 1.82) is 0 Å². The highest BCUT2D eigenvalue weighted by Gasteiger charge is 1.99. The van der Waals surface area contributed by atoms with Crippen LogP contribution in [0.4, 0.5) is 0 Å². The maximum Gasteiger partial charge on any atom is 0.116 e. The lowest BCUT2D eigenvalue weighted by Gasteiger charge is -2.04. The second-order valence-corrected chi connectivity index (χ2v) is 2.80. The minimum atomic E-state index is 0.681. The zero-order valence-electron chi connectivity index (χ0n) is 6.11. The summed E-state index contributed by atoms with van der Waals surface area (Å²) in [6.07, 6.45) is 0. The van der Waals surface area contributed by atoms with Crippen molar-refractivity contribution in [1.82, 2.24) is 0 Å². The lowest BCUT2D eigenvalue weighted by molar-refractivity contribution is 1.43. The van der Waals surface area contributed by atoms with Crippen molar-refractivity contribution in [3.63, 3.8) is 0 Å². The van der Waals surface area contributed by atoms with Crippen molar-refractivity contribution in [3.8, 4) is 0 Å². The summed E-state index contributed by atoms with van der Waals surface area (Å²) < 4.78 is 0. The second-order valence-electron chi connectivity index (χ2n) is 2.43. The normalized spacial score (nSPS) is 9.90. The number of hydrogen-bond donors (Lipinski definition) is 0. The predicted molar refractivity (Wildman–Crippen MR) is 46.3 cm³/mol. The van der Waals surface area contributed by atoms with E-state index in [0.29, 0.717) is 10.5 Å². The highest BCUT2D eigenvalue weighted by atomic mass is 35.5. The Morgan fingerprint density at radius 3 is 2.20 bits per heavy atom. The van der Waals surface area contributed by atoms with Gasteiger partial charge >= 0.3 is 0 Å². The van der Waals surface area contributed by atoms with Crippen LogP contribution in [-0.4, -0.2) is 7.85 Å². The smallest absolute Gasteiger partial charge is 0.0847 e. The molecule has 0 bridgehead atoms. The lowest BCUT2D eigenvalue weighted by atomic mass is 9.90. The summed E-state index contributed by atoms with van der Waals surface area (Å²) in [6, 6.07) is 3.94. The minimum absolute atomic E-state index is 0.681. The molecule has 0 aliphatic carbocycles.